The second kappa shape index (κ2) is 10.8. The predicted octanol–water partition coefficient (Wildman–Crippen LogP) is 13.1. The van der Waals surface area contributed by atoms with Crippen LogP contribution in [0.25, 0.3) is 99.2 Å². The van der Waals surface area contributed by atoms with Crippen LogP contribution in [0.5, 0.6) is 0 Å². The number of aromatic nitrogens is 2. The minimum Gasteiger partial charge on any atom is -0.455 e. The van der Waals surface area contributed by atoms with Crippen molar-refractivity contribution in [3.63, 3.8) is 0 Å². The van der Waals surface area contributed by atoms with E-state index >= 15 is 0 Å². The fourth-order valence-electron chi connectivity index (χ4n) is 8.26. The molecular formula is C48H30N2O. The van der Waals surface area contributed by atoms with Crippen molar-refractivity contribution in [2.75, 3.05) is 0 Å². The van der Waals surface area contributed by atoms with Crippen LogP contribution in [0.4, 0.5) is 0 Å². The molecular weight excluding hydrogens is 621 g/mol. The van der Waals surface area contributed by atoms with Crippen LogP contribution in [-0.2, 0) is 0 Å². The van der Waals surface area contributed by atoms with Gasteiger partial charge >= 0.3 is 0 Å². The third-order valence-electron chi connectivity index (χ3n) is 10.5. The van der Waals surface area contributed by atoms with Crippen LogP contribution in [0, 0.1) is 0 Å². The maximum Gasteiger partial charge on any atom is 0.143 e. The van der Waals surface area contributed by atoms with Crippen molar-refractivity contribution >= 4 is 65.6 Å². The minimum atomic E-state index is 0.912. The number of nitrogens with zero attached hydrogens (tertiary/aromatic N) is 2. The van der Waals surface area contributed by atoms with Crippen LogP contribution < -0.4 is 0 Å². The summed E-state index contributed by atoms with van der Waals surface area (Å²) < 4.78 is 11.3. The molecule has 3 heteroatoms. The maximum atomic E-state index is 6.42. The van der Waals surface area contributed by atoms with E-state index < -0.39 is 0 Å². The Balaban J connectivity index is 1.20. The Bertz CT molecular complexity index is 3110. The molecule has 238 valence electrons. The van der Waals surface area contributed by atoms with Crippen LogP contribution in [0.3, 0.4) is 0 Å². The molecule has 8 aromatic carbocycles. The van der Waals surface area contributed by atoms with Gasteiger partial charge in [-0.2, -0.15) is 0 Å². The van der Waals surface area contributed by atoms with Crippen molar-refractivity contribution in [2.24, 2.45) is 0 Å². The van der Waals surface area contributed by atoms with Gasteiger partial charge in [0.05, 0.1) is 22.1 Å². The lowest BCUT2D eigenvalue weighted by Crippen LogP contribution is -1.95. The standard InChI is InChI=1S/C48H30N2O/c1-3-12-31(13-4-1)33-24-28-43-41(30-33)38-27-29-44-46(40-17-7-9-20-42(40)49(44)34-14-5-2-6-15-34)47(38)50(43)35-25-22-32(23-26-35)36-18-11-19-39-37-16-8-10-21-45(37)51-48(36)39/h1-30H. The monoisotopic (exact) mass is 650 g/mol. The summed E-state index contributed by atoms with van der Waals surface area (Å²) in [6, 6.07) is 65.4. The molecule has 0 radical (unpaired) electrons. The summed E-state index contributed by atoms with van der Waals surface area (Å²) in [6.07, 6.45) is 0. The Hall–Kier alpha value is -6.84. The number of fused-ring (bicyclic) bond motifs is 10. The lowest BCUT2D eigenvalue weighted by molar-refractivity contribution is 0.670. The van der Waals surface area contributed by atoms with Gasteiger partial charge in [0.25, 0.3) is 0 Å². The molecule has 0 unspecified atom stereocenters. The molecule has 0 atom stereocenters. The molecule has 0 spiro atoms. The summed E-state index contributed by atoms with van der Waals surface area (Å²) in [5.41, 5.74) is 13.5. The molecule has 0 amide bonds. The Labute approximate surface area is 293 Å². The fourth-order valence-corrected chi connectivity index (χ4v) is 8.26. The van der Waals surface area contributed by atoms with Gasteiger partial charge in [0.2, 0.25) is 0 Å². The van der Waals surface area contributed by atoms with E-state index in [1.54, 1.807) is 0 Å². The molecule has 0 bridgehead atoms. The summed E-state index contributed by atoms with van der Waals surface area (Å²) in [7, 11) is 0. The summed E-state index contributed by atoms with van der Waals surface area (Å²) in [6.45, 7) is 0. The largest absolute Gasteiger partial charge is 0.455 e. The van der Waals surface area contributed by atoms with Gasteiger partial charge in [0, 0.05) is 49.3 Å². The molecule has 0 N–H and O–H groups in total. The number of benzene rings is 8. The molecule has 51 heavy (non-hydrogen) atoms. The molecule has 0 aliphatic rings. The van der Waals surface area contributed by atoms with E-state index in [9.17, 15) is 0 Å². The molecule has 3 aromatic heterocycles. The SMILES string of the molecule is c1ccc(-c2ccc3c(c2)c2ccc4c(c5ccccc5n4-c4ccccc4)c2n3-c2ccc(-c3cccc4c3oc3ccccc34)cc2)cc1. The summed E-state index contributed by atoms with van der Waals surface area (Å²) in [4.78, 5) is 0. The van der Waals surface area contributed by atoms with Gasteiger partial charge < -0.3 is 13.6 Å². The lowest BCUT2D eigenvalue weighted by Gasteiger charge is -2.11. The zero-order chi connectivity index (χ0) is 33.5. The van der Waals surface area contributed by atoms with E-state index in [4.69, 9.17) is 4.42 Å². The first-order valence-electron chi connectivity index (χ1n) is 17.4. The highest BCUT2D eigenvalue weighted by molar-refractivity contribution is 6.26. The highest BCUT2D eigenvalue weighted by Crippen LogP contribution is 2.43. The molecule has 0 aliphatic heterocycles. The number of hydrogen-bond acceptors (Lipinski definition) is 1. The van der Waals surface area contributed by atoms with Crippen LogP contribution in [0.2, 0.25) is 0 Å². The second-order valence-corrected chi connectivity index (χ2v) is 13.3. The first-order chi connectivity index (χ1) is 25.3. The molecule has 0 saturated carbocycles. The zero-order valence-corrected chi connectivity index (χ0v) is 27.6. The van der Waals surface area contributed by atoms with Gasteiger partial charge in [0.15, 0.2) is 0 Å². The molecule has 0 aliphatic carbocycles. The van der Waals surface area contributed by atoms with Crippen molar-refractivity contribution < 1.29 is 4.42 Å². The normalized spacial score (nSPS) is 11.9. The molecule has 3 heterocycles. The smallest absolute Gasteiger partial charge is 0.143 e. The van der Waals surface area contributed by atoms with Gasteiger partial charge in [0.1, 0.15) is 11.2 Å². The zero-order valence-electron chi connectivity index (χ0n) is 27.6. The summed E-state index contributed by atoms with van der Waals surface area (Å²) in [5.74, 6) is 0. The highest BCUT2D eigenvalue weighted by atomic mass is 16.3. The first-order valence-corrected chi connectivity index (χ1v) is 17.4. The van der Waals surface area contributed by atoms with Crippen LogP contribution in [0.1, 0.15) is 0 Å². The van der Waals surface area contributed by atoms with E-state index in [2.05, 4.69) is 179 Å². The van der Waals surface area contributed by atoms with E-state index in [1.165, 1.54) is 54.7 Å². The number of para-hydroxylation sites is 4. The van der Waals surface area contributed by atoms with Crippen molar-refractivity contribution in [2.45, 2.75) is 0 Å². The topological polar surface area (TPSA) is 23.0 Å². The fraction of sp³-hybridized carbons (Fsp3) is 0. The van der Waals surface area contributed by atoms with E-state index in [1.807, 2.05) is 12.1 Å². The Morgan fingerprint density at radius 2 is 1.00 bits per heavy atom. The Morgan fingerprint density at radius 3 is 1.84 bits per heavy atom. The maximum absolute atomic E-state index is 6.42. The van der Waals surface area contributed by atoms with Crippen LogP contribution in [-0.4, -0.2) is 9.13 Å². The predicted molar refractivity (Wildman–Crippen MR) is 213 cm³/mol. The van der Waals surface area contributed by atoms with E-state index in [-0.39, 0.29) is 0 Å². The van der Waals surface area contributed by atoms with Crippen molar-refractivity contribution in [3.05, 3.63) is 182 Å². The molecule has 11 rings (SSSR count). The molecule has 11 aromatic rings. The third kappa shape index (κ3) is 4.12. The average Bonchev–Trinajstić information content (AvgIpc) is 3.86. The number of hydrogen-bond donors (Lipinski definition) is 0. The van der Waals surface area contributed by atoms with E-state index in [0.29, 0.717) is 0 Å². The highest BCUT2D eigenvalue weighted by Gasteiger charge is 2.21. The van der Waals surface area contributed by atoms with Crippen molar-refractivity contribution in [1.82, 2.24) is 9.13 Å². The van der Waals surface area contributed by atoms with Gasteiger partial charge in [-0.05, 0) is 71.3 Å². The Morgan fingerprint density at radius 1 is 0.353 bits per heavy atom. The van der Waals surface area contributed by atoms with Crippen LogP contribution in [0.15, 0.2) is 186 Å². The number of furan rings is 1. The van der Waals surface area contributed by atoms with Crippen LogP contribution >= 0.6 is 0 Å². The van der Waals surface area contributed by atoms with Crippen molar-refractivity contribution in [3.8, 4) is 33.6 Å². The lowest BCUT2D eigenvalue weighted by atomic mass is 10.0. The first kappa shape index (κ1) is 28.0. The summed E-state index contributed by atoms with van der Waals surface area (Å²) >= 11 is 0. The van der Waals surface area contributed by atoms with Gasteiger partial charge in [-0.15, -0.1) is 0 Å². The number of rotatable bonds is 4. The average molecular weight is 651 g/mol. The third-order valence-corrected chi connectivity index (χ3v) is 10.5. The molecule has 3 nitrogen and oxygen atoms in total. The Kier molecular flexibility index (Phi) is 5.96. The second-order valence-electron chi connectivity index (χ2n) is 13.3. The van der Waals surface area contributed by atoms with Gasteiger partial charge in [-0.1, -0.05) is 127 Å². The quantitative estimate of drug-likeness (QED) is 0.186. The minimum absolute atomic E-state index is 0.912. The van der Waals surface area contributed by atoms with Crippen molar-refractivity contribution in [1.29, 1.82) is 0 Å². The van der Waals surface area contributed by atoms with E-state index in [0.717, 1.165) is 44.4 Å². The summed E-state index contributed by atoms with van der Waals surface area (Å²) in [5, 5.41) is 7.25. The molecule has 0 fully saturated rings. The van der Waals surface area contributed by atoms with Gasteiger partial charge in [-0.25, -0.2) is 0 Å². The van der Waals surface area contributed by atoms with Gasteiger partial charge in [-0.3, -0.25) is 0 Å². The molecule has 0 saturated heterocycles.